The lowest BCUT2D eigenvalue weighted by molar-refractivity contribution is -0.133. The summed E-state index contributed by atoms with van der Waals surface area (Å²) in [7, 11) is 0. The van der Waals surface area contributed by atoms with E-state index in [4.69, 9.17) is 0 Å². The van der Waals surface area contributed by atoms with Crippen LogP contribution in [0.3, 0.4) is 0 Å². The Bertz CT molecular complexity index is 586. The van der Waals surface area contributed by atoms with Crippen molar-refractivity contribution in [2.75, 3.05) is 13.1 Å². The topological polar surface area (TPSA) is 23.6 Å². The van der Waals surface area contributed by atoms with Crippen molar-refractivity contribution in [1.82, 2.24) is 9.80 Å². The maximum absolute atomic E-state index is 13.5. The van der Waals surface area contributed by atoms with E-state index in [1.807, 2.05) is 11.0 Å². The summed E-state index contributed by atoms with van der Waals surface area (Å²) in [6.07, 6.45) is 6.78. The Morgan fingerprint density at radius 1 is 1.13 bits per heavy atom. The van der Waals surface area contributed by atoms with E-state index in [9.17, 15) is 9.18 Å². The first-order valence-electron chi connectivity index (χ1n) is 8.98. The van der Waals surface area contributed by atoms with Crippen molar-refractivity contribution in [3.8, 4) is 0 Å². The van der Waals surface area contributed by atoms with Gasteiger partial charge in [-0.2, -0.15) is 0 Å². The third-order valence-electron chi connectivity index (χ3n) is 5.95. The van der Waals surface area contributed by atoms with Crippen molar-refractivity contribution in [3.63, 3.8) is 0 Å². The molecule has 0 radical (unpaired) electrons. The number of hydrogen-bond acceptors (Lipinski definition) is 2. The minimum absolute atomic E-state index is 0.219. The van der Waals surface area contributed by atoms with Gasteiger partial charge in [0.25, 0.3) is 0 Å². The lowest BCUT2D eigenvalue weighted by Crippen LogP contribution is -2.44. The zero-order valence-corrected chi connectivity index (χ0v) is 13.6. The molecule has 0 bridgehead atoms. The summed E-state index contributed by atoms with van der Waals surface area (Å²) in [6.45, 7) is 2.70. The molecule has 1 aliphatic carbocycles. The van der Waals surface area contributed by atoms with Gasteiger partial charge in [-0.15, -0.1) is 0 Å². The summed E-state index contributed by atoms with van der Waals surface area (Å²) in [5, 5.41) is 0. The highest BCUT2D eigenvalue weighted by Crippen LogP contribution is 2.36. The van der Waals surface area contributed by atoms with Crippen LogP contribution in [-0.2, 0) is 11.3 Å². The number of hydrogen-bond donors (Lipinski definition) is 0. The summed E-state index contributed by atoms with van der Waals surface area (Å²) >= 11 is 0. The maximum Gasteiger partial charge on any atom is 0.223 e. The minimum Gasteiger partial charge on any atom is -0.334 e. The van der Waals surface area contributed by atoms with Gasteiger partial charge < -0.3 is 4.90 Å². The van der Waals surface area contributed by atoms with E-state index in [1.165, 1.54) is 25.3 Å². The molecule has 1 aromatic rings. The SMILES string of the molecule is O=C1CCC[C@@H]2CN(C3CCC3)C[C@@H]2N1Cc1cccc(F)c1. The first-order chi connectivity index (χ1) is 11.2. The van der Waals surface area contributed by atoms with Crippen LogP contribution in [0.25, 0.3) is 0 Å². The third kappa shape index (κ3) is 3.01. The van der Waals surface area contributed by atoms with Gasteiger partial charge in [-0.1, -0.05) is 18.6 Å². The van der Waals surface area contributed by atoms with Crippen molar-refractivity contribution in [2.45, 2.75) is 57.2 Å². The van der Waals surface area contributed by atoms with E-state index in [1.54, 1.807) is 12.1 Å². The Morgan fingerprint density at radius 2 is 2.00 bits per heavy atom. The summed E-state index contributed by atoms with van der Waals surface area (Å²) in [4.78, 5) is 17.3. The van der Waals surface area contributed by atoms with E-state index in [-0.39, 0.29) is 11.7 Å². The molecule has 1 saturated carbocycles. The van der Waals surface area contributed by atoms with Crippen molar-refractivity contribution in [1.29, 1.82) is 0 Å². The fourth-order valence-electron chi connectivity index (χ4n) is 4.45. The van der Waals surface area contributed by atoms with Crippen molar-refractivity contribution < 1.29 is 9.18 Å². The molecule has 0 N–H and O–H groups in total. The zero-order valence-electron chi connectivity index (χ0n) is 13.6. The Balaban J connectivity index is 1.53. The zero-order chi connectivity index (χ0) is 15.8. The maximum atomic E-state index is 13.5. The quantitative estimate of drug-likeness (QED) is 0.855. The molecule has 2 heterocycles. The predicted octanol–water partition coefficient (Wildman–Crippen LogP) is 3.19. The van der Waals surface area contributed by atoms with Crippen LogP contribution in [0.15, 0.2) is 24.3 Å². The average Bonchev–Trinajstić information content (AvgIpc) is 2.80. The van der Waals surface area contributed by atoms with Gasteiger partial charge in [-0.05, 0) is 49.3 Å². The molecule has 124 valence electrons. The molecular weight excluding hydrogens is 291 g/mol. The highest BCUT2D eigenvalue weighted by Gasteiger charge is 2.42. The molecule has 1 amide bonds. The summed E-state index contributed by atoms with van der Waals surface area (Å²) in [5.41, 5.74) is 0.904. The standard InChI is InChI=1S/C19H25FN2O/c20-16-6-1-4-14(10-16)11-22-18-13-21(17-7-3-8-17)12-15(18)5-2-9-19(22)23/h1,4,6,10,15,17-18H,2-3,5,7-9,11-13H2/t15-,18+/m1/s1. The molecule has 2 atom stereocenters. The smallest absolute Gasteiger partial charge is 0.223 e. The molecule has 0 spiro atoms. The summed E-state index contributed by atoms with van der Waals surface area (Å²) < 4.78 is 13.5. The van der Waals surface area contributed by atoms with Crippen LogP contribution in [0.5, 0.6) is 0 Å². The normalized spacial score (nSPS) is 29.3. The number of carbonyl (C=O) groups is 1. The lowest BCUT2D eigenvalue weighted by Gasteiger charge is -2.36. The van der Waals surface area contributed by atoms with E-state index in [2.05, 4.69) is 4.90 Å². The second-order valence-corrected chi connectivity index (χ2v) is 7.41. The number of likely N-dealkylation sites (tertiary alicyclic amines) is 2. The first-order valence-corrected chi connectivity index (χ1v) is 8.98. The number of halogens is 1. The third-order valence-corrected chi connectivity index (χ3v) is 5.95. The molecule has 2 saturated heterocycles. The number of benzene rings is 1. The van der Waals surface area contributed by atoms with Crippen LogP contribution in [0.2, 0.25) is 0 Å². The number of fused-ring (bicyclic) bond motifs is 1. The molecule has 3 fully saturated rings. The first kappa shape index (κ1) is 15.1. The van der Waals surface area contributed by atoms with E-state index < -0.39 is 0 Å². The Kier molecular flexibility index (Phi) is 4.10. The van der Waals surface area contributed by atoms with Gasteiger partial charge in [0.1, 0.15) is 5.82 Å². The minimum atomic E-state index is -0.219. The Labute approximate surface area is 137 Å². The van der Waals surface area contributed by atoms with Gasteiger partial charge in [-0.3, -0.25) is 9.69 Å². The molecule has 4 rings (SSSR count). The van der Waals surface area contributed by atoms with Crippen LogP contribution in [-0.4, -0.2) is 40.9 Å². The van der Waals surface area contributed by atoms with Gasteiger partial charge in [-0.25, -0.2) is 4.39 Å². The lowest BCUT2D eigenvalue weighted by atomic mass is 9.92. The fraction of sp³-hybridized carbons (Fsp3) is 0.632. The molecule has 3 aliphatic rings. The highest BCUT2D eigenvalue weighted by atomic mass is 19.1. The number of carbonyl (C=O) groups excluding carboxylic acids is 1. The van der Waals surface area contributed by atoms with Crippen LogP contribution >= 0.6 is 0 Å². The molecule has 1 aromatic carbocycles. The highest BCUT2D eigenvalue weighted by molar-refractivity contribution is 5.77. The van der Waals surface area contributed by atoms with Crippen LogP contribution < -0.4 is 0 Å². The van der Waals surface area contributed by atoms with Gasteiger partial charge in [0.05, 0.1) is 0 Å². The van der Waals surface area contributed by atoms with E-state index >= 15 is 0 Å². The second-order valence-electron chi connectivity index (χ2n) is 7.41. The average molecular weight is 316 g/mol. The number of rotatable bonds is 3. The Hall–Kier alpha value is -1.42. The molecule has 0 aromatic heterocycles. The molecule has 2 aliphatic heterocycles. The molecular formula is C19H25FN2O. The second kappa shape index (κ2) is 6.23. The fourth-order valence-corrected chi connectivity index (χ4v) is 4.45. The molecule has 3 nitrogen and oxygen atoms in total. The van der Waals surface area contributed by atoms with Gasteiger partial charge in [0.2, 0.25) is 5.91 Å². The molecule has 4 heteroatoms. The molecule has 23 heavy (non-hydrogen) atoms. The van der Waals surface area contributed by atoms with Crippen molar-refractivity contribution >= 4 is 5.91 Å². The van der Waals surface area contributed by atoms with Crippen molar-refractivity contribution in [2.24, 2.45) is 5.92 Å². The van der Waals surface area contributed by atoms with Gasteiger partial charge >= 0.3 is 0 Å². The summed E-state index contributed by atoms with van der Waals surface area (Å²) in [5.74, 6) is 0.622. The van der Waals surface area contributed by atoms with Crippen molar-refractivity contribution in [3.05, 3.63) is 35.6 Å². The predicted molar refractivity (Wildman–Crippen MR) is 87.3 cm³/mol. The largest absolute Gasteiger partial charge is 0.334 e. The van der Waals surface area contributed by atoms with E-state index in [0.717, 1.165) is 37.5 Å². The van der Waals surface area contributed by atoms with Crippen LogP contribution in [0.1, 0.15) is 44.1 Å². The summed E-state index contributed by atoms with van der Waals surface area (Å²) in [6, 6.07) is 7.74. The molecule has 0 unspecified atom stereocenters. The van der Waals surface area contributed by atoms with Gasteiger partial charge in [0.15, 0.2) is 0 Å². The van der Waals surface area contributed by atoms with E-state index in [0.29, 0.717) is 24.9 Å². The monoisotopic (exact) mass is 316 g/mol. The number of nitrogens with zero attached hydrogens (tertiary/aromatic N) is 2. The van der Waals surface area contributed by atoms with Crippen LogP contribution in [0, 0.1) is 11.7 Å². The Morgan fingerprint density at radius 3 is 2.74 bits per heavy atom. The van der Waals surface area contributed by atoms with Crippen LogP contribution in [0.4, 0.5) is 4.39 Å². The number of amides is 1. The van der Waals surface area contributed by atoms with Gasteiger partial charge in [0, 0.05) is 38.1 Å².